The van der Waals surface area contributed by atoms with Crippen LogP contribution in [0.3, 0.4) is 0 Å². The third kappa shape index (κ3) is 9.93. The molecule has 0 saturated heterocycles. The van der Waals surface area contributed by atoms with E-state index in [0.29, 0.717) is 5.41 Å². The van der Waals surface area contributed by atoms with E-state index in [1.165, 1.54) is 28.4 Å². The number of hydrogen-bond acceptors (Lipinski definition) is 0. The molecule has 0 bridgehead atoms. The summed E-state index contributed by atoms with van der Waals surface area (Å²) in [4.78, 5) is 0. The van der Waals surface area contributed by atoms with Crippen LogP contribution in [0.5, 0.6) is 0 Å². The summed E-state index contributed by atoms with van der Waals surface area (Å²) in [5.74, 6) is 0. The summed E-state index contributed by atoms with van der Waals surface area (Å²) in [5.41, 5.74) is 2.08. The predicted molar refractivity (Wildman–Crippen MR) is 81.3 cm³/mol. The Balaban J connectivity index is 0.00000256. The van der Waals surface area contributed by atoms with Crippen LogP contribution in [0.25, 0.3) is 0 Å². The van der Waals surface area contributed by atoms with Crippen LogP contribution in [-0.2, 0) is 4.55 Å². The fourth-order valence-corrected chi connectivity index (χ4v) is 3.68. The zero-order valence-corrected chi connectivity index (χ0v) is 13.8. The van der Waals surface area contributed by atoms with Gasteiger partial charge in [0.2, 0.25) is 0 Å². The Kier molecular flexibility index (Phi) is 9.39. The van der Waals surface area contributed by atoms with Crippen LogP contribution in [-0.4, -0.2) is 20.4 Å². The summed E-state index contributed by atoms with van der Waals surface area (Å²) in [5, 5.41) is 0. The van der Waals surface area contributed by atoms with E-state index < -0.39 is 0 Å². The van der Waals surface area contributed by atoms with Gasteiger partial charge in [-0.2, -0.15) is 0 Å². The molecule has 2 heteroatoms. The minimum Gasteiger partial charge on any atom is -0.147 e. The SMILES string of the molecule is CC(C)(C)CCC[CH2][Mg][CH2]c1ccccc1.Cl. The van der Waals surface area contributed by atoms with Gasteiger partial charge in [-0.1, -0.05) is 69.5 Å². The number of halogens is 1. The third-order valence-electron chi connectivity index (χ3n) is 2.99. The first-order chi connectivity index (χ1) is 7.58. The van der Waals surface area contributed by atoms with Crippen LogP contribution in [0.2, 0.25) is 4.55 Å². The summed E-state index contributed by atoms with van der Waals surface area (Å²) < 4.78 is 2.90. The second kappa shape index (κ2) is 9.24. The van der Waals surface area contributed by atoms with E-state index in [2.05, 4.69) is 51.1 Å². The third-order valence-corrected chi connectivity index (χ3v) is 4.92. The Bertz CT molecular complexity index is 277. The molecule has 0 saturated carbocycles. The molecule has 1 aromatic carbocycles. The minimum absolute atomic E-state index is 0. The second-order valence-electron chi connectivity index (χ2n) is 5.96. The molecule has 0 aliphatic rings. The van der Waals surface area contributed by atoms with Gasteiger partial charge in [-0.25, -0.2) is 0 Å². The van der Waals surface area contributed by atoms with Crippen molar-refractivity contribution in [1.29, 1.82) is 0 Å². The summed E-state index contributed by atoms with van der Waals surface area (Å²) >= 11 is 0.149. The number of benzene rings is 1. The normalized spacial score (nSPS) is 10.5. The molecular formula is C15H25ClMg. The first-order valence-corrected chi connectivity index (χ1v) is 8.62. The van der Waals surface area contributed by atoms with E-state index in [9.17, 15) is 0 Å². The molecule has 0 aliphatic carbocycles. The van der Waals surface area contributed by atoms with Gasteiger partial charge >= 0.3 is 20.4 Å². The van der Waals surface area contributed by atoms with Gasteiger partial charge in [0.05, 0.1) is 0 Å². The summed E-state index contributed by atoms with van der Waals surface area (Å²) in [6.07, 6.45) is 4.26. The Morgan fingerprint density at radius 3 is 2.24 bits per heavy atom. The van der Waals surface area contributed by atoms with Crippen molar-refractivity contribution >= 4 is 32.8 Å². The zero-order valence-electron chi connectivity index (χ0n) is 11.5. The van der Waals surface area contributed by atoms with Crippen LogP contribution in [0.1, 0.15) is 45.6 Å². The molecule has 0 N–H and O–H groups in total. The van der Waals surface area contributed by atoms with Gasteiger partial charge < -0.3 is 0 Å². The lowest BCUT2D eigenvalue weighted by Gasteiger charge is -2.17. The highest BCUT2D eigenvalue weighted by atomic mass is 35.5. The Morgan fingerprint density at radius 2 is 1.65 bits per heavy atom. The standard InChI is InChI=1S/C8H17.C7H7.ClH.Mg/c1-5-6-7-8(2,3)4;1-7-5-3-2-4-6-7;;/h1,5-7H2,2-4H3;2-6H,1H2;1H;. The molecular weight excluding hydrogens is 240 g/mol. The van der Waals surface area contributed by atoms with Crippen LogP contribution in [0, 0.1) is 5.41 Å². The van der Waals surface area contributed by atoms with Crippen molar-refractivity contribution in [2.45, 2.75) is 49.1 Å². The Labute approximate surface area is 123 Å². The summed E-state index contributed by atoms with van der Waals surface area (Å²) in [6.45, 7) is 7.02. The highest BCUT2D eigenvalue weighted by Crippen LogP contribution is 2.22. The first-order valence-electron chi connectivity index (χ1n) is 6.62. The zero-order chi connectivity index (χ0) is 11.9. The second-order valence-corrected chi connectivity index (χ2v) is 7.87. The maximum absolute atomic E-state index is 2.34. The van der Waals surface area contributed by atoms with E-state index in [4.69, 9.17) is 0 Å². The van der Waals surface area contributed by atoms with Crippen LogP contribution in [0.4, 0.5) is 0 Å². The lowest BCUT2D eigenvalue weighted by molar-refractivity contribution is 0.363. The van der Waals surface area contributed by atoms with Crippen molar-refractivity contribution < 1.29 is 0 Å². The fourth-order valence-electron chi connectivity index (χ4n) is 1.98. The number of rotatable bonds is 6. The lowest BCUT2D eigenvalue weighted by Crippen LogP contribution is -2.04. The highest BCUT2D eigenvalue weighted by Gasteiger charge is 2.08. The molecule has 0 fully saturated rings. The molecule has 0 unspecified atom stereocenters. The molecule has 1 aromatic rings. The number of hydrogen-bond donors (Lipinski definition) is 0. The van der Waals surface area contributed by atoms with Crippen LogP contribution in [0.15, 0.2) is 30.3 Å². The van der Waals surface area contributed by atoms with Crippen molar-refractivity contribution in [3.63, 3.8) is 0 Å². The molecule has 0 atom stereocenters. The topological polar surface area (TPSA) is 0 Å². The van der Waals surface area contributed by atoms with Crippen molar-refractivity contribution in [1.82, 2.24) is 0 Å². The fraction of sp³-hybridized carbons (Fsp3) is 0.600. The molecule has 0 radical (unpaired) electrons. The Hall–Kier alpha value is 0.276. The monoisotopic (exact) mass is 264 g/mol. The maximum atomic E-state index is 2.34. The Morgan fingerprint density at radius 1 is 1.00 bits per heavy atom. The molecule has 0 nitrogen and oxygen atoms in total. The lowest BCUT2D eigenvalue weighted by atomic mass is 9.90. The van der Waals surface area contributed by atoms with Gasteiger partial charge in [-0.3, -0.25) is 0 Å². The molecule has 0 heterocycles. The molecule has 0 amide bonds. The van der Waals surface area contributed by atoms with Crippen LogP contribution < -0.4 is 0 Å². The van der Waals surface area contributed by atoms with Crippen molar-refractivity contribution in [3.8, 4) is 0 Å². The van der Waals surface area contributed by atoms with Gasteiger partial charge in [-0.05, 0) is 11.8 Å². The van der Waals surface area contributed by atoms with Crippen molar-refractivity contribution in [2.75, 3.05) is 0 Å². The smallest absolute Gasteiger partial charge is 0.147 e. The van der Waals surface area contributed by atoms with Gasteiger partial charge in [0.15, 0.2) is 0 Å². The molecule has 0 spiro atoms. The van der Waals surface area contributed by atoms with Gasteiger partial charge in [0, 0.05) is 0 Å². The van der Waals surface area contributed by atoms with Gasteiger partial charge in [-0.15, -0.1) is 21.5 Å². The highest BCUT2D eigenvalue weighted by molar-refractivity contribution is 6.34. The molecule has 0 aromatic heterocycles. The average Bonchev–Trinajstić information content (AvgIpc) is 2.23. The van der Waals surface area contributed by atoms with Crippen LogP contribution >= 0.6 is 12.4 Å². The van der Waals surface area contributed by atoms with Crippen molar-refractivity contribution in [3.05, 3.63) is 35.9 Å². The summed E-state index contributed by atoms with van der Waals surface area (Å²) in [7, 11) is 0. The van der Waals surface area contributed by atoms with Gasteiger partial charge in [0.1, 0.15) is 0 Å². The maximum Gasteiger partial charge on any atom is 0.370 e. The molecule has 0 aliphatic heterocycles. The van der Waals surface area contributed by atoms with Crippen molar-refractivity contribution in [2.24, 2.45) is 5.41 Å². The summed E-state index contributed by atoms with van der Waals surface area (Å²) in [6, 6.07) is 10.9. The quantitative estimate of drug-likeness (QED) is 0.504. The number of unbranched alkanes of at least 4 members (excludes halogenated alkanes) is 1. The molecule has 1 rings (SSSR count). The first kappa shape index (κ1) is 17.3. The van der Waals surface area contributed by atoms with E-state index in [1.807, 2.05) is 0 Å². The molecule has 94 valence electrons. The average molecular weight is 265 g/mol. The largest absolute Gasteiger partial charge is 0.370 e. The van der Waals surface area contributed by atoms with E-state index >= 15 is 0 Å². The predicted octanol–water partition coefficient (Wildman–Crippen LogP) is 4.95. The van der Waals surface area contributed by atoms with E-state index in [-0.39, 0.29) is 32.8 Å². The minimum atomic E-state index is 0. The van der Waals surface area contributed by atoms with Gasteiger partial charge in [0.25, 0.3) is 0 Å². The van der Waals surface area contributed by atoms with E-state index in [0.717, 1.165) is 0 Å². The van der Waals surface area contributed by atoms with E-state index in [1.54, 1.807) is 5.56 Å². The molecule has 17 heavy (non-hydrogen) atoms.